The van der Waals surface area contributed by atoms with Crippen molar-refractivity contribution in [1.29, 1.82) is 0 Å². The average Bonchev–Trinajstić information content (AvgIpc) is 2.80. The van der Waals surface area contributed by atoms with Gasteiger partial charge in [0.05, 0.1) is 6.10 Å². The molecule has 1 aliphatic rings. The van der Waals surface area contributed by atoms with E-state index in [1.165, 1.54) is 5.56 Å². The minimum Gasteiger partial charge on any atom is -0.491 e. The van der Waals surface area contributed by atoms with Crippen LogP contribution in [0.2, 0.25) is 0 Å². The Hall–Kier alpha value is -0.540. The fourth-order valence-corrected chi connectivity index (χ4v) is 2.44. The zero-order valence-electron chi connectivity index (χ0n) is 10.4. The number of rotatable bonds is 4. The fourth-order valence-electron chi connectivity index (χ4n) is 2.06. The van der Waals surface area contributed by atoms with Crippen LogP contribution in [0, 0.1) is 0 Å². The molecule has 2 rings (SSSR count). The SMILES string of the molecule is CC(C)c1cc(Br)ccc1OCC1CCCO1. The lowest BCUT2D eigenvalue weighted by molar-refractivity contribution is 0.0675. The highest BCUT2D eigenvalue weighted by molar-refractivity contribution is 9.10. The number of hydrogen-bond donors (Lipinski definition) is 0. The molecule has 3 heteroatoms. The van der Waals surface area contributed by atoms with Gasteiger partial charge in [0, 0.05) is 11.1 Å². The zero-order valence-corrected chi connectivity index (χ0v) is 12.0. The molecule has 0 bridgehead atoms. The van der Waals surface area contributed by atoms with E-state index in [0.717, 1.165) is 29.7 Å². The molecule has 1 aliphatic heterocycles. The highest BCUT2D eigenvalue weighted by Crippen LogP contribution is 2.30. The molecule has 1 aromatic carbocycles. The summed E-state index contributed by atoms with van der Waals surface area (Å²) in [4.78, 5) is 0. The fraction of sp³-hybridized carbons (Fsp3) is 0.571. The summed E-state index contributed by atoms with van der Waals surface area (Å²) in [5, 5.41) is 0. The smallest absolute Gasteiger partial charge is 0.122 e. The second-order valence-corrected chi connectivity index (χ2v) is 5.70. The third-order valence-corrected chi connectivity index (χ3v) is 3.54. The molecule has 1 heterocycles. The van der Waals surface area contributed by atoms with Gasteiger partial charge in [-0.25, -0.2) is 0 Å². The molecule has 1 atom stereocenters. The van der Waals surface area contributed by atoms with E-state index in [1.807, 2.05) is 12.1 Å². The van der Waals surface area contributed by atoms with E-state index >= 15 is 0 Å². The molecule has 1 aromatic rings. The molecule has 17 heavy (non-hydrogen) atoms. The molecule has 0 aliphatic carbocycles. The first kappa shape index (κ1) is 12.9. The Bertz CT molecular complexity index is 370. The van der Waals surface area contributed by atoms with Crippen molar-refractivity contribution < 1.29 is 9.47 Å². The van der Waals surface area contributed by atoms with Crippen LogP contribution in [0.25, 0.3) is 0 Å². The molecule has 0 radical (unpaired) electrons. The van der Waals surface area contributed by atoms with Crippen LogP contribution >= 0.6 is 15.9 Å². The average molecular weight is 299 g/mol. The molecular formula is C14H19BrO2. The molecular weight excluding hydrogens is 280 g/mol. The second kappa shape index (κ2) is 5.87. The number of hydrogen-bond acceptors (Lipinski definition) is 2. The van der Waals surface area contributed by atoms with Crippen LogP contribution in [-0.2, 0) is 4.74 Å². The Morgan fingerprint density at radius 1 is 1.47 bits per heavy atom. The molecule has 0 spiro atoms. The number of halogens is 1. The van der Waals surface area contributed by atoms with E-state index in [0.29, 0.717) is 12.5 Å². The van der Waals surface area contributed by atoms with E-state index in [4.69, 9.17) is 9.47 Å². The Morgan fingerprint density at radius 2 is 2.29 bits per heavy atom. The van der Waals surface area contributed by atoms with E-state index in [1.54, 1.807) is 0 Å². The topological polar surface area (TPSA) is 18.5 Å². The van der Waals surface area contributed by atoms with Crippen molar-refractivity contribution >= 4 is 15.9 Å². The van der Waals surface area contributed by atoms with Crippen LogP contribution in [0.3, 0.4) is 0 Å². The van der Waals surface area contributed by atoms with Gasteiger partial charge in [-0.2, -0.15) is 0 Å². The van der Waals surface area contributed by atoms with Crippen molar-refractivity contribution in [3.8, 4) is 5.75 Å². The van der Waals surface area contributed by atoms with Crippen molar-refractivity contribution in [2.45, 2.75) is 38.7 Å². The minimum atomic E-state index is 0.277. The second-order valence-electron chi connectivity index (χ2n) is 4.78. The van der Waals surface area contributed by atoms with E-state index < -0.39 is 0 Å². The predicted octanol–water partition coefficient (Wildman–Crippen LogP) is 4.13. The molecule has 2 nitrogen and oxygen atoms in total. The lowest BCUT2D eigenvalue weighted by Gasteiger charge is -2.16. The predicted molar refractivity (Wildman–Crippen MR) is 72.7 cm³/mol. The van der Waals surface area contributed by atoms with E-state index in [2.05, 4.69) is 35.8 Å². The standard InChI is InChI=1S/C14H19BrO2/c1-10(2)13-8-11(15)5-6-14(13)17-9-12-4-3-7-16-12/h5-6,8,10,12H,3-4,7,9H2,1-2H3. The van der Waals surface area contributed by atoms with Gasteiger partial charge < -0.3 is 9.47 Å². The van der Waals surface area contributed by atoms with Crippen molar-refractivity contribution in [2.75, 3.05) is 13.2 Å². The largest absolute Gasteiger partial charge is 0.491 e. The Morgan fingerprint density at radius 3 is 2.94 bits per heavy atom. The summed E-state index contributed by atoms with van der Waals surface area (Å²) in [6.07, 6.45) is 2.55. The molecule has 0 N–H and O–H groups in total. The summed E-state index contributed by atoms with van der Waals surface area (Å²) in [6.45, 7) is 5.91. The van der Waals surface area contributed by atoms with Gasteiger partial charge in [-0.1, -0.05) is 29.8 Å². The lowest BCUT2D eigenvalue weighted by atomic mass is 10.0. The van der Waals surface area contributed by atoms with Gasteiger partial charge in [0.1, 0.15) is 12.4 Å². The number of ether oxygens (including phenoxy) is 2. The monoisotopic (exact) mass is 298 g/mol. The first-order valence-electron chi connectivity index (χ1n) is 6.20. The normalized spacial score (nSPS) is 19.9. The van der Waals surface area contributed by atoms with Crippen LogP contribution < -0.4 is 4.74 Å². The summed E-state index contributed by atoms with van der Waals surface area (Å²) in [7, 11) is 0. The van der Waals surface area contributed by atoms with Gasteiger partial charge in [-0.15, -0.1) is 0 Å². The van der Waals surface area contributed by atoms with Crippen LogP contribution in [0.4, 0.5) is 0 Å². The van der Waals surface area contributed by atoms with Gasteiger partial charge in [0.2, 0.25) is 0 Å². The Labute approximate surface area is 111 Å². The van der Waals surface area contributed by atoms with Crippen molar-refractivity contribution in [1.82, 2.24) is 0 Å². The Balaban J connectivity index is 2.03. The van der Waals surface area contributed by atoms with Crippen LogP contribution in [0.1, 0.15) is 38.2 Å². The zero-order chi connectivity index (χ0) is 12.3. The first-order valence-corrected chi connectivity index (χ1v) is 7.00. The van der Waals surface area contributed by atoms with Crippen molar-refractivity contribution in [3.63, 3.8) is 0 Å². The maximum absolute atomic E-state index is 5.89. The molecule has 0 amide bonds. The van der Waals surface area contributed by atoms with Gasteiger partial charge >= 0.3 is 0 Å². The molecule has 0 saturated carbocycles. The van der Waals surface area contributed by atoms with Crippen LogP contribution in [0.5, 0.6) is 5.75 Å². The molecule has 0 aromatic heterocycles. The molecule has 1 saturated heterocycles. The maximum Gasteiger partial charge on any atom is 0.122 e. The third kappa shape index (κ3) is 3.46. The van der Waals surface area contributed by atoms with Crippen molar-refractivity contribution in [3.05, 3.63) is 28.2 Å². The molecule has 1 unspecified atom stereocenters. The first-order chi connectivity index (χ1) is 8.16. The highest BCUT2D eigenvalue weighted by atomic mass is 79.9. The summed E-state index contributed by atoms with van der Waals surface area (Å²) < 4.78 is 12.6. The quantitative estimate of drug-likeness (QED) is 0.832. The van der Waals surface area contributed by atoms with Gasteiger partial charge in [-0.3, -0.25) is 0 Å². The van der Waals surface area contributed by atoms with Crippen LogP contribution in [0.15, 0.2) is 22.7 Å². The van der Waals surface area contributed by atoms with Gasteiger partial charge in [-0.05, 0) is 42.5 Å². The highest BCUT2D eigenvalue weighted by Gasteiger charge is 2.17. The minimum absolute atomic E-state index is 0.277. The molecule has 1 fully saturated rings. The summed E-state index contributed by atoms with van der Waals surface area (Å²) in [6, 6.07) is 6.20. The summed E-state index contributed by atoms with van der Waals surface area (Å²) >= 11 is 3.50. The summed E-state index contributed by atoms with van der Waals surface area (Å²) in [5.41, 5.74) is 1.25. The van der Waals surface area contributed by atoms with E-state index in [-0.39, 0.29) is 6.10 Å². The van der Waals surface area contributed by atoms with E-state index in [9.17, 15) is 0 Å². The molecule has 94 valence electrons. The maximum atomic E-state index is 5.89. The third-order valence-electron chi connectivity index (χ3n) is 3.04. The summed E-state index contributed by atoms with van der Waals surface area (Å²) in [5.74, 6) is 1.45. The van der Waals surface area contributed by atoms with Gasteiger partial charge in [0.15, 0.2) is 0 Å². The lowest BCUT2D eigenvalue weighted by Crippen LogP contribution is -2.17. The van der Waals surface area contributed by atoms with Crippen molar-refractivity contribution in [2.24, 2.45) is 0 Å². The van der Waals surface area contributed by atoms with Crippen LogP contribution in [-0.4, -0.2) is 19.3 Å². The Kier molecular flexibility index (Phi) is 4.46. The number of benzene rings is 1. The van der Waals surface area contributed by atoms with Gasteiger partial charge in [0.25, 0.3) is 0 Å².